The van der Waals surface area contributed by atoms with Crippen molar-refractivity contribution in [3.63, 3.8) is 0 Å². The summed E-state index contributed by atoms with van der Waals surface area (Å²) in [4.78, 5) is 33.8. The van der Waals surface area contributed by atoms with Crippen molar-refractivity contribution in [1.29, 1.82) is 0 Å². The molecule has 0 radical (unpaired) electrons. The molecule has 0 atom stereocenters. The van der Waals surface area contributed by atoms with Gasteiger partial charge in [0, 0.05) is 31.9 Å². The largest absolute Gasteiger partial charge is 0.492 e. The molecule has 12 nitrogen and oxygen atoms in total. The van der Waals surface area contributed by atoms with E-state index < -0.39 is 0 Å². The molecule has 0 spiro atoms. The van der Waals surface area contributed by atoms with Crippen LogP contribution in [-0.4, -0.2) is 56.1 Å². The summed E-state index contributed by atoms with van der Waals surface area (Å²) in [6, 6.07) is 3.24. The maximum Gasteiger partial charge on any atom is 0.254 e. The maximum atomic E-state index is 12.3. The molecule has 2 amide bonds. The number of tetrazole rings is 1. The summed E-state index contributed by atoms with van der Waals surface area (Å²) in [7, 11) is 4.65. The van der Waals surface area contributed by atoms with Crippen molar-refractivity contribution in [2.24, 2.45) is 7.05 Å². The zero-order chi connectivity index (χ0) is 21.7. The van der Waals surface area contributed by atoms with E-state index in [4.69, 9.17) is 4.74 Å². The van der Waals surface area contributed by atoms with Gasteiger partial charge in [-0.1, -0.05) is 6.92 Å². The zero-order valence-electron chi connectivity index (χ0n) is 16.9. The third-order valence-electron chi connectivity index (χ3n) is 4.08. The van der Waals surface area contributed by atoms with Crippen LogP contribution in [0.4, 0.5) is 17.3 Å². The number of ether oxygens (including phenoxy) is 1. The minimum absolute atomic E-state index is 0.201. The van der Waals surface area contributed by atoms with Crippen molar-refractivity contribution in [2.45, 2.75) is 13.3 Å². The van der Waals surface area contributed by atoms with Crippen molar-refractivity contribution in [3.05, 3.63) is 30.1 Å². The topological polar surface area (TPSA) is 149 Å². The van der Waals surface area contributed by atoms with Gasteiger partial charge in [-0.2, -0.15) is 4.80 Å². The van der Waals surface area contributed by atoms with E-state index in [1.165, 1.54) is 25.2 Å². The highest BCUT2D eigenvalue weighted by molar-refractivity contribution is 6.01. The number of anilines is 3. The SMILES string of the molecule is CCC(=O)Nc1cc(Nc2nccc(-c3nnn(C)n3)c2OC)c(C(=O)NC)cn1. The van der Waals surface area contributed by atoms with Gasteiger partial charge in [0.05, 0.1) is 31.0 Å². The van der Waals surface area contributed by atoms with Gasteiger partial charge in [0.15, 0.2) is 11.6 Å². The number of nitrogens with zero attached hydrogens (tertiary/aromatic N) is 6. The molecule has 156 valence electrons. The summed E-state index contributed by atoms with van der Waals surface area (Å²) in [6.07, 6.45) is 3.22. The van der Waals surface area contributed by atoms with Crippen molar-refractivity contribution < 1.29 is 14.3 Å². The molecule has 0 fully saturated rings. The van der Waals surface area contributed by atoms with Gasteiger partial charge in [-0.25, -0.2) is 9.97 Å². The van der Waals surface area contributed by atoms with E-state index in [2.05, 4.69) is 41.3 Å². The maximum absolute atomic E-state index is 12.3. The number of carbonyl (C=O) groups is 2. The first-order chi connectivity index (χ1) is 14.5. The average Bonchev–Trinajstić information content (AvgIpc) is 3.19. The van der Waals surface area contributed by atoms with Crippen LogP contribution in [0.15, 0.2) is 24.5 Å². The molecular weight excluding hydrogens is 390 g/mol. The van der Waals surface area contributed by atoms with Crippen LogP contribution in [-0.2, 0) is 11.8 Å². The quantitative estimate of drug-likeness (QED) is 0.520. The van der Waals surface area contributed by atoms with Gasteiger partial charge in [0.1, 0.15) is 5.82 Å². The number of aromatic nitrogens is 6. The summed E-state index contributed by atoms with van der Waals surface area (Å²) in [5.74, 6) is 0.784. The first-order valence-corrected chi connectivity index (χ1v) is 9.03. The second kappa shape index (κ2) is 8.94. The molecule has 0 aliphatic carbocycles. The Balaban J connectivity index is 2.05. The van der Waals surface area contributed by atoms with E-state index in [-0.39, 0.29) is 17.4 Å². The standard InChI is InChI=1S/C18H21N9O3/c1-5-14(28)23-13-8-12(11(9-21-13)18(29)19-2)22-17-15(30-4)10(6-7-20-17)16-24-26-27(3)25-16/h6-9H,5H2,1-4H3,(H,19,29)(H2,20,21,22,23,28). The van der Waals surface area contributed by atoms with Gasteiger partial charge in [-0.3, -0.25) is 9.59 Å². The second-order valence-corrected chi connectivity index (χ2v) is 6.06. The van der Waals surface area contributed by atoms with Crippen LogP contribution in [0, 0.1) is 0 Å². The van der Waals surface area contributed by atoms with Crippen molar-refractivity contribution in [2.75, 3.05) is 24.8 Å². The van der Waals surface area contributed by atoms with Crippen LogP contribution in [0.1, 0.15) is 23.7 Å². The molecule has 0 aliphatic rings. The molecule has 0 aliphatic heterocycles. The average molecular weight is 411 g/mol. The normalized spacial score (nSPS) is 10.4. The van der Waals surface area contributed by atoms with Crippen LogP contribution >= 0.6 is 0 Å². The van der Waals surface area contributed by atoms with Gasteiger partial charge in [0.25, 0.3) is 5.91 Å². The molecule has 3 N–H and O–H groups in total. The first kappa shape index (κ1) is 20.6. The lowest BCUT2D eigenvalue weighted by Gasteiger charge is -2.15. The minimum Gasteiger partial charge on any atom is -0.492 e. The highest BCUT2D eigenvalue weighted by Crippen LogP contribution is 2.35. The van der Waals surface area contributed by atoms with Gasteiger partial charge in [-0.15, -0.1) is 10.2 Å². The fourth-order valence-corrected chi connectivity index (χ4v) is 2.61. The Morgan fingerprint density at radius 3 is 2.70 bits per heavy atom. The van der Waals surface area contributed by atoms with E-state index in [9.17, 15) is 9.59 Å². The third-order valence-corrected chi connectivity index (χ3v) is 4.08. The molecule has 3 aromatic rings. The van der Waals surface area contributed by atoms with E-state index in [1.807, 2.05) is 0 Å². The highest BCUT2D eigenvalue weighted by Gasteiger charge is 2.19. The van der Waals surface area contributed by atoms with Crippen LogP contribution < -0.4 is 20.7 Å². The number of methoxy groups -OCH3 is 1. The lowest BCUT2D eigenvalue weighted by atomic mass is 10.2. The molecular formula is C18H21N9O3. The Morgan fingerprint density at radius 1 is 1.27 bits per heavy atom. The van der Waals surface area contributed by atoms with Crippen molar-refractivity contribution in [1.82, 2.24) is 35.5 Å². The molecule has 0 unspecified atom stereocenters. The number of nitrogens with one attached hydrogen (secondary N) is 3. The molecule has 0 aromatic carbocycles. The summed E-state index contributed by atoms with van der Waals surface area (Å²) < 4.78 is 5.52. The Bertz CT molecular complexity index is 1080. The molecule has 3 rings (SSSR count). The molecule has 3 aromatic heterocycles. The summed E-state index contributed by atoms with van der Waals surface area (Å²) >= 11 is 0. The third kappa shape index (κ3) is 4.32. The number of hydrogen-bond acceptors (Lipinski definition) is 9. The van der Waals surface area contributed by atoms with Gasteiger partial charge >= 0.3 is 0 Å². The summed E-state index contributed by atoms with van der Waals surface area (Å²) in [5, 5.41) is 20.3. The monoisotopic (exact) mass is 411 g/mol. The van der Waals surface area contributed by atoms with Crippen LogP contribution in [0.25, 0.3) is 11.4 Å². The Kier molecular flexibility index (Phi) is 6.15. The van der Waals surface area contributed by atoms with E-state index in [1.54, 1.807) is 32.3 Å². The van der Waals surface area contributed by atoms with Crippen LogP contribution in [0.2, 0.25) is 0 Å². The molecule has 0 saturated heterocycles. The Morgan fingerprint density at radius 2 is 2.07 bits per heavy atom. The number of amides is 2. The second-order valence-electron chi connectivity index (χ2n) is 6.06. The van der Waals surface area contributed by atoms with Gasteiger partial charge < -0.3 is 20.7 Å². The van der Waals surface area contributed by atoms with E-state index >= 15 is 0 Å². The number of aryl methyl sites for hydroxylation is 1. The van der Waals surface area contributed by atoms with Crippen molar-refractivity contribution >= 4 is 29.1 Å². The molecule has 0 saturated carbocycles. The fourth-order valence-electron chi connectivity index (χ4n) is 2.61. The predicted molar refractivity (Wildman–Crippen MR) is 108 cm³/mol. The lowest BCUT2D eigenvalue weighted by Crippen LogP contribution is -2.20. The molecule has 30 heavy (non-hydrogen) atoms. The van der Waals surface area contributed by atoms with E-state index in [0.29, 0.717) is 40.9 Å². The smallest absolute Gasteiger partial charge is 0.254 e. The predicted octanol–water partition coefficient (Wildman–Crippen LogP) is 1.13. The number of rotatable bonds is 7. The summed E-state index contributed by atoms with van der Waals surface area (Å²) in [6.45, 7) is 1.73. The van der Waals surface area contributed by atoms with Gasteiger partial charge in [0.2, 0.25) is 11.7 Å². The van der Waals surface area contributed by atoms with Crippen LogP contribution in [0.5, 0.6) is 5.75 Å². The van der Waals surface area contributed by atoms with Crippen molar-refractivity contribution in [3.8, 4) is 17.1 Å². The molecule has 3 heterocycles. The number of pyridine rings is 2. The number of hydrogen-bond donors (Lipinski definition) is 3. The minimum atomic E-state index is -0.357. The number of carbonyl (C=O) groups excluding carboxylic acids is 2. The van der Waals surface area contributed by atoms with Gasteiger partial charge in [-0.05, 0) is 11.3 Å². The fraction of sp³-hybridized carbons (Fsp3) is 0.278. The molecule has 0 bridgehead atoms. The first-order valence-electron chi connectivity index (χ1n) is 9.03. The Hall–Kier alpha value is -4.09. The summed E-state index contributed by atoms with van der Waals surface area (Å²) in [5.41, 5.74) is 1.21. The Labute approximate surface area is 172 Å². The van der Waals surface area contributed by atoms with Crippen LogP contribution in [0.3, 0.4) is 0 Å². The van der Waals surface area contributed by atoms with E-state index in [0.717, 1.165) is 0 Å². The highest BCUT2D eigenvalue weighted by atomic mass is 16.5. The molecule has 12 heteroatoms. The lowest BCUT2D eigenvalue weighted by molar-refractivity contribution is -0.115. The zero-order valence-corrected chi connectivity index (χ0v) is 16.9.